The molecule has 5 nitrogen and oxygen atoms in total. The third-order valence-corrected chi connectivity index (χ3v) is 5.74. The van der Waals surface area contributed by atoms with E-state index < -0.39 is 16.0 Å². The first-order valence-corrected chi connectivity index (χ1v) is 8.62. The highest BCUT2D eigenvalue weighted by Gasteiger charge is 2.25. The predicted molar refractivity (Wildman–Crippen MR) is 79.8 cm³/mol. The van der Waals surface area contributed by atoms with E-state index in [2.05, 4.69) is 11.6 Å². The lowest BCUT2D eigenvalue weighted by Crippen LogP contribution is -2.29. The molecule has 1 aromatic rings. The molecule has 0 bridgehead atoms. The van der Waals surface area contributed by atoms with Crippen LogP contribution in [0.5, 0.6) is 0 Å². The van der Waals surface area contributed by atoms with Crippen LogP contribution in [0.2, 0.25) is 0 Å². The Morgan fingerprint density at radius 3 is 2.67 bits per heavy atom. The fourth-order valence-corrected chi connectivity index (χ4v) is 4.33. The van der Waals surface area contributed by atoms with E-state index in [0.29, 0.717) is 18.4 Å². The second-order valence-electron chi connectivity index (χ2n) is 5.87. The van der Waals surface area contributed by atoms with Crippen molar-refractivity contribution >= 4 is 16.0 Å². The molecule has 116 valence electrons. The molecular formula is C15H21NO4S. The van der Waals surface area contributed by atoms with Crippen molar-refractivity contribution in [2.24, 2.45) is 11.8 Å². The van der Waals surface area contributed by atoms with E-state index in [1.54, 1.807) is 0 Å². The second-order valence-corrected chi connectivity index (χ2v) is 7.61. The Bertz CT molecular complexity index is 639. The first kappa shape index (κ1) is 16.0. The van der Waals surface area contributed by atoms with Crippen molar-refractivity contribution in [2.75, 3.05) is 6.54 Å². The van der Waals surface area contributed by atoms with Crippen molar-refractivity contribution < 1.29 is 18.3 Å². The van der Waals surface area contributed by atoms with Crippen molar-refractivity contribution in [1.29, 1.82) is 0 Å². The van der Waals surface area contributed by atoms with Crippen LogP contribution in [0, 0.1) is 18.8 Å². The van der Waals surface area contributed by atoms with Crippen LogP contribution in [0.3, 0.4) is 0 Å². The van der Waals surface area contributed by atoms with Gasteiger partial charge in [-0.15, -0.1) is 0 Å². The van der Waals surface area contributed by atoms with Crippen molar-refractivity contribution in [3.63, 3.8) is 0 Å². The molecule has 1 aliphatic carbocycles. The van der Waals surface area contributed by atoms with Gasteiger partial charge in [-0.3, -0.25) is 0 Å². The summed E-state index contributed by atoms with van der Waals surface area (Å²) in [6.45, 7) is 4.12. The Labute approximate surface area is 125 Å². The summed E-state index contributed by atoms with van der Waals surface area (Å²) in [5, 5.41) is 9.07. The number of carboxylic acid groups (broad SMARTS) is 1. The van der Waals surface area contributed by atoms with Gasteiger partial charge in [-0.2, -0.15) is 0 Å². The van der Waals surface area contributed by atoms with Gasteiger partial charge >= 0.3 is 5.97 Å². The zero-order valence-electron chi connectivity index (χ0n) is 12.3. The van der Waals surface area contributed by atoms with Gasteiger partial charge in [0.1, 0.15) is 0 Å². The first-order valence-electron chi connectivity index (χ1n) is 7.14. The molecule has 0 spiro atoms. The molecule has 0 aromatic heterocycles. The molecule has 1 aromatic carbocycles. The van der Waals surface area contributed by atoms with Crippen molar-refractivity contribution in [3.05, 3.63) is 29.3 Å². The maximum atomic E-state index is 12.4. The molecule has 0 saturated heterocycles. The number of aromatic carboxylic acids is 1. The summed E-state index contributed by atoms with van der Waals surface area (Å²) < 4.78 is 27.3. The number of rotatable bonds is 5. The zero-order chi connectivity index (χ0) is 15.6. The van der Waals surface area contributed by atoms with Gasteiger partial charge in [-0.1, -0.05) is 19.4 Å². The maximum Gasteiger partial charge on any atom is 0.335 e. The zero-order valence-corrected chi connectivity index (χ0v) is 13.1. The molecule has 2 atom stereocenters. The Morgan fingerprint density at radius 2 is 2.10 bits per heavy atom. The molecule has 2 N–H and O–H groups in total. The molecular weight excluding hydrogens is 290 g/mol. The summed E-state index contributed by atoms with van der Waals surface area (Å²) in [7, 11) is -3.67. The summed E-state index contributed by atoms with van der Waals surface area (Å²) in [5.41, 5.74) is 0.296. The number of carboxylic acids is 1. The molecule has 2 unspecified atom stereocenters. The van der Waals surface area contributed by atoms with Gasteiger partial charge in [0.25, 0.3) is 0 Å². The number of nitrogens with one attached hydrogen (secondary N) is 1. The third kappa shape index (κ3) is 3.63. The molecule has 2 rings (SSSR count). The molecule has 1 saturated carbocycles. The lowest BCUT2D eigenvalue weighted by molar-refractivity contribution is 0.0696. The van der Waals surface area contributed by atoms with E-state index in [1.807, 2.05) is 0 Å². The maximum absolute atomic E-state index is 12.4. The Morgan fingerprint density at radius 1 is 1.38 bits per heavy atom. The van der Waals surface area contributed by atoms with E-state index in [1.165, 1.54) is 25.1 Å². The molecule has 0 aliphatic heterocycles. The molecule has 21 heavy (non-hydrogen) atoms. The van der Waals surface area contributed by atoms with Crippen molar-refractivity contribution in [1.82, 2.24) is 4.72 Å². The van der Waals surface area contributed by atoms with Crippen molar-refractivity contribution in [2.45, 2.75) is 38.0 Å². The predicted octanol–water partition coefficient (Wildman–Crippen LogP) is 2.41. The highest BCUT2D eigenvalue weighted by atomic mass is 32.2. The van der Waals surface area contributed by atoms with Crippen LogP contribution in [0.15, 0.2) is 23.1 Å². The van der Waals surface area contributed by atoms with Crippen LogP contribution in [0.25, 0.3) is 0 Å². The van der Waals surface area contributed by atoms with Gasteiger partial charge in [0, 0.05) is 6.54 Å². The lowest BCUT2D eigenvalue weighted by Gasteiger charge is -2.14. The average Bonchev–Trinajstić information content (AvgIpc) is 2.82. The van der Waals surface area contributed by atoms with Crippen LogP contribution in [0.1, 0.15) is 42.1 Å². The average molecular weight is 311 g/mol. The number of benzene rings is 1. The van der Waals surface area contributed by atoms with E-state index >= 15 is 0 Å². The van der Waals surface area contributed by atoms with Crippen LogP contribution in [-0.4, -0.2) is 26.0 Å². The van der Waals surface area contributed by atoms with Crippen LogP contribution in [0.4, 0.5) is 0 Å². The third-order valence-electron chi connectivity index (χ3n) is 4.17. The molecule has 0 amide bonds. The fourth-order valence-electron chi connectivity index (χ4n) is 2.95. The first-order chi connectivity index (χ1) is 9.81. The smallest absolute Gasteiger partial charge is 0.335 e. The van der Waals surface area contributed by atoms with E-state index in [-0.39, 0.29) is 16.0 Å². The summed E-state index contributed by atoms with van der Waals surface area (Å²) in [4.78, 5) is 11.1. The highest BCUT2D eigenvalue weighted by molar-refractivity contribution is 7.89. The van der Waals surface area contributed by atoms with Crippen LogP contribution >= 0.6 is 0 Å². The second kappa shape index (κ2) is 6.15. The van der Waals surface area contributed by atoms with Crippen LogP contribution in [-0.2, 0) is 10.0 Å². The Balaban J connectivity index is 2.16. The summed E-state index contributed by atoms with van der Waals surface area (Å²) in [6.07, 6.45) is 3.22. The molecule has 0 radical (unpaired) electrons. The minimum Gasteiger partial charge on any atom is -0.478 e. The summed E-state index contributed by atoms with van der Waals surface area (Å²) >= 11 is 0. The molecule has 0 heterocycles. The number of hydrogen-bond acceptors (Lipinski definition) is 3. The van der Waals surface area contributed by atoms with Crippen LogP contribution < -0.4 is 4.72 Å². The number of hydrogen-bond donors (Lipinski definition) is 2. The van der Waals surface area contributed by atoms with Gasteiger partial charge in [-0.25, -0.2) is 17.9 Å². The van der Waals surface area contributed by atoms with Gasteiger partial charge in [0.2, 0.25) is 10.0 Å². The standard InChI is InChI=1S/C15H21NO4S/c1-10-6-7-12(8-10)9-16-21(19,20)14-5-3-4-13(11(14)2)15(17)18/h3-5,10,12,16H,6-9H2,1-2H3,(H,17,18). The minimum absolute atomic E-state index is 0.0207. The fraction of sp³-hybridized carbons (Fsp3) is 0.533. The quantitative estimate of drug-likeness (QED) is 0.874. The van der Waals surface area contributed by atoms with Gasteiger partial charge in [-0.05, 0) is 49.3 Å². The largest absolute Gasteiger partial charge is 0.478 e. The monoisotopic (exact) mass is 311 g/mol. The van der Waals surface area contributed by atoms with E-state index in [4.69, 9.17) is 5.11 Å². The lowest BCUT2D eigenvalue weighted by atomic mass is 10.1. The van der Waals surface area contributed by atoms with Gasteiger partial charge in [0.15, 0.2) is 0 Å². The van der Waals surface area contributed by atoms with Gasteiger partial charge in [0.05, 0.1) is 10.5 Å². The van der Waals surface area contributed by atoms with Crippen molar-refractivity contribution in [3.8, 4) is 0 Å². The van der Waals surface area contributed by atoms with E-state index in [0.717, 1.165) is 19.3 Å². The van der Waals surface area contributed by atoms with E-state index in [9.17, 15) is 13.2 Å². The number of carbonyl (C=O) groups is 1. The normalized spacial score (nSPS) is 22.4. The molecule has 1 aliphatic rings. The molecule has 1 fully saturated rings. The minimum atomic E-state index is -3.67. The SMILES string of the molecule is Cc1c(C(=O)O)cccc1S(=O)(=O)NCC1CCC(C)C1. The van der Waals surface area contributed by atoms with Gasteiger partial charge < -0.3 is 5.11 Å². The topological polar surface area (TPSA) is 83.5 Å². The Kier molecular flexibility index (Phi) is 4.68. The number of sulfonamides is 1. The summed E-state index contributed by atoms with van der Waals surface area (Å²) in [5.74, 6) is -0.0940. The molecule has 6 heteroatoms. The summed E-state index contributed by atoms with van der Waals surface area (Å²) in [6, 6.07) is 4.32. The highest BCUT2D eigenvalue weighted by Crippen LogP contribution is 2.30. The Hall–Kier alpha value is -1.40.